The molecule has 1 aliphatic heterocycles. The number of ether oxygens (including phenoxy) is 2. The van der Waals surface area contributed by atoms with Gasteiger partial charge in [-0.1, -0.05) is 0 Å². The first kappa shape index (κ1) is 28.6. The van der Waals surface area contributed by atoms with Crippen LogP contribution in [0.5, 0.6) is 5.88 Å². The number of alkyl carbamates (subject to hydrolysis) is 1. The summed E-state index contributed by atoms with van der Waals surface area (Å²) in [4.78, 5) is 30.2. The molecule has 214 valence electrons. The molecule has 39 heavy (non-hydrogen) atoms. The fraction of sp³-hybridized carbons (Fsp3) is 0.654. The fourth-order valence-corrected chi connectivity index (χ4v) is 4.59. The van der Waals surface area contributed by atoms with Crippen molar-refractivity contribution in [3.05, 3.63) is 18.3 Å². The summed E-state index contributed by atoms with van der Waals surface area (Å²) in [6.07, 6.45) is 5.24. The van der Waals surface area contributed by atoms with E-state index in [1.807, 2.05) is 50.2 Å². The average molecular weight is 543 g/mol. The van der Waals surface area contributed by atoms with Crippen LogP contribution in [0, 0.1) is 6.92 Å². The quantitative estimate of drug-likeness (QED) is 0.349. The van der Waals surface area contributed by atoms with Gasteiger partial charge in [-0.3, -0.25) is 4.68 Å². The van der Waals surface area contributed by atoms with Gasteiger partial charge >= 0.3 is 6.09 Å². The van der Waals surface area contributed by atoms with Crippen LogP contribution in [0.1, 0.15) is 39.4 Å². The molecule has 1 aliphatic rings. The predicted molar refractivity (Wildman–Crippen MR) is 149 cm³/mol. The van der Waals surface area contributed by atoms with E-state index in [0.29, 0.717) is 29.6 Å². The summed E-state index contributed by atoms with van der Waals surface area (Å²) >= 11 is 0. The lowest BCUT2D eigenvalue weighted by Gasteiger charge is -2.34. The van der Waals surface area contributed by atoms with E-state index >= 15 is 0 Å². The van der Waals surface area contributed by atoms with E-state index in [9.17, 15) is 4.79 Å². The van der Waals surface area contributed by atoms with Crippen LogP contribution in [0.2, 0.25) is 0 Å². The third-order valence-corrected chi connectivity index (χ3v) is 6.49. The molecule has 0 atom stereocenters. The van der Waals surface area contributed by atoms with Crippen LogP contribution in [0.25, 0.3) is 11.2 Å². The van der Waals surface area contributed by atoms with Gasteiger partial charge in [-0.2, -0.15) is 0 Å². The van der Waals surface area contributed by atoms with Crippen molar-refractivity contribution < 1.29 is 14.3 Å². The number of imidazole rings is 1. The number of aromatic nitrogens is 6. The van der Waals surface area contributed by atoms with Gasteiger partial charge in [0.05, 0.1) is 19.6 Å². The molecular weight excluding hydrogens is 500 g/mol. The van der Waals surface area contributed by atoms with Gasteiger partial charge in [0, 0.05) is 46.3 Å². The number of anilines is 2. The normalized spacial score (nSPS) is 15.0. The molecule has 13 nitrogen and oxygen atoms in total. The molecule has 0 unspecified atom stereocenters. The summed E-state index contributed by atoms with van der Waals surface area (Å²) < 4.78 is 14.6. The largest absolute Gasteiger partial charge is 0.478 e. The molecule has 2 N–H and O–H groups in total. The van der Waals surface area contributed by atoms with Crippen molar-refractivity contribution >= 4 is 28.8 Å². The van der Waals surface area contributed by atoms with Crippen molar-refractivity contribution in [2.24, 2.45) is 7.05 Å². The topological polar surface area (TPSA) is 127 Å². The van der Waals surface area contributed by atoms with E-state index < -0.39 is 5.60 Å². The van der Waals surface area contributed by atoms with E-state index in [-0.39, 0.29) is 6.09 Å². The number of carbonyl (C=O) groups is 1. The van der Waals surface area contributed by atoms with Crippen LogP contribution in [0.15, 0.2) is 12.5 Å². The highest BCUT2D eigenvalue weighted by Gasteiger charge is 2.19. The van der Waals surface area contributed by atoms with Crippen LogP contribution < -0.4 is 15.4 Å². The highest BCUT2D eigenvalue weighted by molar-refractivity contribution is 5.85. The minimum absolute atomic E-state index is 0.348. The maximum atomic E-state index is 11.8. The van der Waals surface area contributed by atoms with Crippen molar-refractivity contribution in [2.45, 2.75) is 52.7 Å². The summed E-state index contributed by atoms with van der Waals surface area (Å²) in [6, 6.07) is 0. The lowest BCUT2D eigenvalue weighted by atomic mass is 10.2. The van der Waals surface area contributed by atoms with E-state index in [1.165, 1.54) is 0 Å². The lowest BCUT2D eigenvalue weighted by molar-refractivity contribution is 0.0524. The molecule has 1 amide bonds. The molecule has 3 aromatic heterocycles. The summed E-state index contributed by atoms with van der Waals surface area (Å²) in [6.45, 7) is 15.0. The Morgan fingerprint density at radius 2 is 1.74 bits per heavy atom. The van der Waals surface area contributed by atoms with Crippen molar-refractivity contribution in [1.29, 1.82) is 0 Å². The first-order valence-electron chi connectivity index (χ1n) is 13.6. The molecule has 4 heterocycles. The molecule has 4 rings (SSSR count). The van der Waals surface area contributed by atoms with Crippen molar-refractivity contribution in [3.8, 4) is 5.88 Å². The van der Waals surface area contributed by atoms with E-state index in [4.69, 9.17) is 9.47 Å². The van der Waals surface area contributed by atoms with Gasteiger partial charge in [0.1, 0.15) is 17.1 Å². The minimum atomic E-state index is -0.465. The number of piperazine rings is 1. The zero-order chi connectivity index (χ0) is 28.0. The average Bonchev–Trinajstić information content (AvgIpc) is 3.44. The number of carbonyl (C=O) groups excluding carboxylic acids is 1. The highest BCUT2D eigenvalue weighted by Crippen LogP contribution is 2.28. The molecule has 0 saturated carbocycles. The highest BCUT2D eigenvalue weighted by atomic mass is 16.6. The Labute approximate surface area is 229 Å². The third kappa shape index (κ3) is 8.02. The number of aryl methyl sites for hydroxylation is 3. The molecule has 1 saturated heterocycles. The molecule has 0 aromatic carbocycles. The number of methoxy groups -OCH3 is 1. The number of rotatable bonds is 11. The van der Waals surface area contributed by atoms with Crippen molar-refractivity contribution in [1.82, 2.24) is 44.4 Å². The molecule has 0 bridgehead atoms. The fourth-order valence-electron chi connectivity index (χ4n) is 4.59. The Hall–Kier alpha value is -3.45. The minimum Gasteiger partial charge on any atom is -0.478 e. The van der Waals surface area contributed by atoms with Crippen LogP contribution in [-0.4, -0.2) is 104 Å². The van der Waals surface area contributed by atoms with Gasteiger partial charge in [-0.15, -0.1) is 5.10 Å². The predicted octanol–water partition coefficient (Wildman–Crippen LogP) is 2.54. The first-order valence-corrected chi connectivity index (χ1v) is 13.6. The second-order valence-electron chi connectivity index (χ2n) is 10.9. The van der Waals surface area contributed by atoms with E-state index in [0.717, 1.165) is 70.0 Å². The van der Waals surface area contributed by atoms with E-state index in [1.54, 1.807) is 13.4 Å². The number of fused-ring (bicyclic) bond motifs is 1. The standard InChI is InChI=1S/C26H42N10O3/c1-19-29-22(21-23(30-19)33(5)18-28-21)31-20-17-36(32-24(20)38-6)12-8-11-35-15-13-34(14-16-35)10-7-9-27-25(37)39-26(2,3)4/h17-18H,7-16H2,1-6H3,(H,27,37)(H,29,30,31). The van der Waals surface area contributed by atoms with Gasteiger partial charge in [-0.05, 0) is 53.6 Å². The molecule has 0 spiro atoms. The molecule has 0 radical (unpaired) electrons. The van der Waals surface area contributed by atoms with Crippen LogP contribution in [-0.2, 0) is 18.3 Å². The first-order chi connectivity index (χ1) is 18.6. The van der Waals surface area contributed by atoms with Crippen molar-refractivity contribution in [3.63, 3.8) is 0 Å². The Balaban J connectivity index is 1.19. The maximum Gasteiger partial charge on any atom is 0.407 e. The second-order valence-corrected chi connectivity index (χ2v) is 10.9. The molecular formula is C26H42N10O3. The van der Waals surface area contributed by atoms with Crippen LogP contribution in [0.3, 0.4) is 0 Å². The third-order valence-electron chi connectivity index (χ3n) is 6.49. The van der Waals surface area contributed by atoms with Crippen LogP contribution >= 0.6 is 0 Å². The summed E-state index contributed by atoms with van der Waals surface area (Å²) in [5.74, 6) is 1.82. The number of hydrogen-bond acceptors (Lipinski definition) is 10. The number of amides is 1. The second kappa shape index (κ2) is 12.6. The molecule has 3 aromatic rings. The Morgan fingerprint density at radius 1 is 1.05 bits per heavy atom. The Morgan fingerprint density at radius 3 is 2.41 bits per heavy atom. The number of nitrogens with zero attached hydrogens (tertiary/aromatic N) is 8. The van der Waals surface area contributed by atoms with Gasteiger partial charge in [0.15, 0.2) is 17.0 Å². The summed E-state index contributed by atoms with van der Waals surface area (Å²) in [5, 5.41) is 10.8. The number of nitrogens with one attached hydrogen (secondary N) is 2. The molecule has 0 aliphatic carbocycles. The Bertz CT molecular complexity index is 1240. The molecule has 13 heteroatoms. The zero-order valence-electron chi connectivity index (χ0n) is 24.0. The summed E-state index contributed by atoms with van der Waals surface area (Å²) in [7, 11) is 3.53. The van der Waals surface area contributed by atoms with Gasteiger partial charge in [0.2, 0.25) is 0 Å². The SMILES string of the molecule is COc1nn(CCCN2CCN(CCCNC(=O)OC(C)(C)C)CC2)cc1Nc1nc(C)nc2c1ncn2C. The van der Waals surface area contributed by atoms with Gasteiger partial charge in [-0.25, -0.2) is 19.7 Å². The molecule has 1 fully saturated rings. The van der Waals surface area contributed by atoms with E-state index in [2.05, 4.69) is 40.5 Å². The smallest absolute Gasteiger partial charge is 0.407 e. The van der Waals surface area contributed by atoms with Gasteiger partial charge < -0.3 is 34.5 Å². The number of hydrogen-bond donors (Lipinski definition) is 2. The van der Waals surface area contributed by atoms with Gasteiger partial charge in [0.25, 0.3) is 5.88 Å². The van der Waals surface area contributed by atoms with Crippen molar-refractivity contribution in [2.75, 3.05) is 58.2 Å². The monoisotopic (exact) mass is 542 g/mol. The Kier molecular flexibility index (Phi) is 9.23. The summed E-state index contributed by atoms with van der Waals surface area (Å²) in [5.41, 5.74) is 1.76. The lowest BCUT2D eigenvalue weighted by Crippen LogP contribution is -2.47. The maximum absolute atomic E-state index is 11.8. The van der Waals surface area contributed by atoms with Crippen LogP contribution in [0.4, 0.5) is 16.3 Å². The zero-order valence-corrected chi connectivity index (χ0v) is 24.0.